The van der Waals surface area contributed by atoms with Gasteiger partial charge in [-0.1, -0.05) is 17.7 Å². The lowest BCUT2D eigenvalue weighted by Gasteiger charge is -2.12. The number of aliphatic hydroxyl groups is 1. The lowest BCUT2D eigenvalue weighted by Crippen LogP contribution is -2.21. The molecule has 0 spiro atoms. The number of amides is 1. The zero-order valence-corrected chi connectivity index (χ0v) is 12.3. The highest BCUT2D eigenvalue weighted by Crippen LogP contribution is 2.27. The lowest BCUT2D eigenvalue weighted by molar-refractivity contribution is -0.128. The Morgan fingerprint density at radius 1 is 1.47 bits per heavy atom. The fourth-order valence-corrected chi connectivity index (χ4v) is 1.77. The van der Waals surface area contributed by atoms with Crippen molar-refractivity contribution in [3.63, 3.8) is 0 Å². The predicted octanol–water partition coefficient (Wildman–Crippen LogP) is 2.64. The number of ether oxygens (including phenoxy) is 1. The highest BCUT2D eigenvalue weighted by molar-refractivity contribution is 6.32. The third kappa shape index (κ3) is 5.09. The SMILES string of the molecule is CC(O)c1ccc(OCCCC(=O)N(C)C)c(Cl)c1. The fraction of sp³-hybridized carbons (Fsp3) is 0.500. The largest absolute Gasteiger partial charge is 0.492 e. The lowest BCUT2D eigenvalue weighted by atomic mass is 10.1. The first-order valence-corrected chi connectivity index (χ1v) is 6.60. The predicted molar refractivity (Wildman–Crippen MR) is 75.5 cm³/mol. The minimum atomic E-state index is -0.552. The van der Waals surface area contributed by atoms with Gasteiger partial charge in [0.25, 0.3) is 0 Å². The molecule has 1 aromatic carbocycles. The highest BCUT2D eigenvalue weighted by Gasteiger charge is 2.07. The van der Waals surface area contributed by atoms with Crippen LogP contribution in [0.5, 0.6) is 5.75 Å². The van der Waals surface area contributed by atoms with Crippen LogP contribution in [0.1, 0.15) is 31.4 Å². The normalized spacial score (nSPS) is 12.1. The van der Waals surface area contributed by atoms with Gasteiger partial charge in [-0.05, 0) is 31.0 Å². The van der Waals surface area contributed by atoms with Crippen LogP contribution >= 0.6 is 11.6 Å². The van der Waals surface area contributed by atoms with E-state index in [4.69, 9.17) is 16.3 Å². The molecule has 0 saturated heterocycles. The van der Waals surface area contributed by atoms with Crippen LogP contribution in [0.25, 0.3) is 0 Å². The molecule has 19 heavy (non-hydrogen) atoms. The number of rotatable bonds is 6. The Morgan fingerprint density at radius 2 is 2.16 bits per heavy atom. The maximum atomic E-state index is 11.4. The molecule has 0 aliphatic heterocycles. The van der Waals surface area contributed by atoms with Gasteiger partial charge in [0.15, 0.2) is 0 Å². The van der Waals surface area contributed by atoms with Crippen molar-refractivity contribution in [2.45, 2.75) is 25.9 Å². The molecule has 4 nitrogen and oxygen atoms in total. The monoisotopic (exact) mass is 285 g/mol. The van der Waals surface area contributed by atoms with E-state index in [9.17, 15) is 9.90 Å². The van der Waals surface area contributed by atoms with Gasteiger partial charge in [-0.3, -0.25) is 4.79 Å². The van der Waals surface area contributed by atoms with E-state index >= 15 is 0 Å². The average Bonchev–Trinajstić information content (AvgIpc) is 2.35. The Labute approximate surface area is 118 Å². The zero-order chi connectivity index (χ0) is 14.4. The molecule has 0 radical (unpaired) electrons. The van der Waals surface area contributed by atoms with Gasteiger partial charge in [0.05, 0.1) is 17.7 Å². The fourth-order valence-electron chi connectivity index (χ4n) is 1.52. The number of hydrogen-bond donors (Lipinski definition) is 1. The molecule has 0 aliphatic carbocycles. The Balaban J connectivity index is 2.44. The first-order chi connectivity index (χ1) is 8.91. The van der Waals surface area contributed by atoms with E-state index in [1.807, 2.05) is 0 Å². The molecule has 106 valence electrons. The van der Waals surface area contributed by atoms with Gasteiger partial charge in [-0.25, -0.2) is 0 Å². The van der Waals surface area contributed by atoms with E-state index in [1.165, 1.54) is 0 Å². The number of carbonyl (C=O) groups excluding carboxylic acids is 1. The number of benzene rings is 1. The molecule has 1 N–H and O–H groups in total. The van der Waals surface area contributed by atoms with Crippen LogP contribution in [-0.2, 0) is 4.79 Å². The van der Waals surface area contributed by atoms with E-state index < -0.39 is 6.10 Å². The summed E-state index contributed by atoms with van der Waals surface area (Å²) in [4.78, 5) is 12.9. The number of carbonyl (C=O) groups is 1. The van der Waals surface area contributed by atoms with Crippen molar-refractivity contribution in [2.75, 3.05) is 20.7 Å². The standard InChI is InChI=1S/C14H20ClNO3/c1-10(17)11-6-7-13(12(15)9-11)19-8-4-5-14(18)16(2)3/h6-7,9-10,17H,4-5,8H2,1-3H3. The van der Waals surface area contributed by atoms with E-state index in [-0.39, 0.29) is 5.91 Å². The first kappa shape index (κ1) is 15.8. The summed E-state index contributed by atoms with van der Waals surface area (Å²) in [5.74, 6) is 0.655. The second-order valence-corrected chi connectivity index (χ2v) is 5.01. The molecule has 1 amide bonds. The van der Waals surface area contributed by atoms with Crippen LogP contribution in [0.4, 0.5) is 0 Å². The van der Waals surface area contributed by atoms with E-state index in [0.29, 0.717) is 30.2 Å². The smallest absolute Gasteiger partial charge is 0.222 e. The number of halogens is 1. The molecular formula is C14H20ClNO3. The molecule has 0 saturated carbocycles. The zero-order valence-electron chi connectivity index (χ0n) is 11.5. The number of aliphatic hydroxyl groups excluding tert-OH is 1. The summed E-state index contributed by atoms with van der Waals surface area (Å²) in [6.45, 7) is 2.12. The Kier molecular flexibility index (Phi) is 6.12. The van der Waals surface area contributed by atoms with Crippen molar-refractivity contribution >= 4 is 17.5 Å². The molecule has 5 heteroatoms. The summed E-state index contributed by atoms with van der Waals surface area (Å²) >= 11 is 6.05. The van der Waals surface area contributed by atoms with Crippen molar-refractivity contribution in [1.82, 2.24) is 4.90 Å². The van der Waals surface area contributed by atoms with Crippen LogP contribution in [0.15, 0.2) is 18.2 Å². The maximum absolute atomic E-state index is 11.4. The van der Waals surface area contributed by atoms with Gasteiger partial charge in [0, 0.05) is 20.5 Å². The molecule has 1 rings (SSSR count). The quantitative estimate of drug-likeness (QED) is 0.818. The van der Waals surface area contributed by atoms with Crippen LogP contribution in [-0.4, -0.2) is 36.6 Å². The molecule has 0 aromatic heterocycles. The van der Waals surface area contributed by atoms with Gasteiger partial charge >= 0.3 is 0 Å². The summed E-state index contributed by atoms with van der Waals surface area (Å²) < 4.78 is 5.52. The minimum absolute atomic E-state index is 0.0825. The van der Waals surface area contributed by atoms with Gasteiger partial charge in [0.1, 0.15) is 5.75 Å². The summed E-state index contributed by atoms with van der Waals surface area (Å²) in [6, 6.07) is 5.20. The molecule has 1 atom stereocenters. The van der Waals surface area contributed by atoms with Gasteiger partial charge in [0.2, 0.25) is 5.91 Å². The van der Waals surface area contributed by atoms with Crippen LogP contribution in [0.2, 0.25) is 5.02 Å². The molecule has 0 bridgehead atoms. The van der Waals surface area contributed by atoms with Crippen LogP contribution in [0.3, 0.4) is 0 Å². The van der Waals surface area contributed by atoms with Gasteiger partial charge in [-0.2, -0.15) is 0 Å². The van der Waals surface area contributed by atoms with E-state index in [1.54, 1.807) is 44.1 Å². The third-order valence-corrected chi connectivity index (χ3v) is 3.03. The van der Waals surface area contributed by atoms with Crippen molar-refractivity contribution in [1.29, 1.82) is 0 Å². The summed E-state index contributed by atoms with van der Waals surface area (Å²) in [6.07, 6.45) is 0.547. The van der Waals surface area contributed by atoms with E-state index in [0.717, 1.165) is 5.56 Å². The Hall–Kier alpha value is -1.26. The number of nitrogens with zero attached hydrogens (tertiary/aromatic N) is 1. The van der Waals surface area contributed by atoms with Gasteiger partial charge < -0.3 is 14.7 Å². The molecule has 0 aliphatic rings. The summed E-state index contributed by atoms with van der Waals surface area (Å²) in [5.41, 5.74) is 0.750. The second-order valence-electron chi connectivity index (χ2n) is 4.61. The first-order valence-electron chi connectivity index (χ1n) is 6.22. The van der Waals surface area contributed by atoms with Crippen molar-refractivity contribution < 1.29 is 14.6 Å². The number of hydrogen-bond acceptors (Lipinski definition) is 3. The second kappa shape index (κ2) is 7.36. The molecular weight excluding hydrogens is 266 g/mol. The maximum Gasteiger partial charge on any atom is 0.222 e. The molecule has 0 fully saturated rings. The Morgan fingerprint density at radius 3 is 2.68 bits per heavy atom. The average molecular weight is 286 g/mol. The summed E-state index contributed by atoms with van der Waals surface area (Å²) in [7, 11) is 3.46. The molecule has 0 heterocycles. The molecule has 1 aromatic rings. The van der Waals surface area contributed by atoms with Crippen molar-refractivity contribution in [3.8, 4) is 5.75 Å². The van der Waals surface area contributed by atoms with E-state index in [2.05, 4.69) is 0 Å². The van der Waals surface area contributed by atoms with Crippen molar-refractivity contribution in [3.05, 3.63) is 28.8 Å². The van der Waals surface area contributed by atoms with Crippen molar-refractivity contribution in [2.24, 2.45) is 0 Å². The van der Waals surface area contributed by atoms with Gasteiger partial charge in [-0.15, -0.1) is 0 Å². The topological polar surface area (TPSA) is 49.8 Å². The Bertz CT molecular complexity index is 433. The third-order valence-electron chi connectivity index (χ3n) is 2.73. The highest BCUT2D eigenvalue weighted by atomic mass is 35.5. The minimum Gasteiger partial charge on any atom is -0.492 e. The summed E-state index contributed by atoms with van der Waals surface area (Å²) in [5, 5.41) is 9.89. The molecule has 1 unspecified atom stereocenters. The van der Waals surface area contributed by atoms with Crippen LogP contribution < -0.4 is 4.74 Å². The van der Waals surface area contributed by atoms with Crippen LogP contribution in [0, 0.1) is 0 Å².